The molecule has 0 amide bonds. The first-order chi connectivity index (χ1) is 27.1. The van der Waals surface area contributed by atoms with Gasteiger partial charge in [-0.25, -0.2) is 9.97 Å². The van der Waals surface area contributed by atoms with Crippen LogP contribution >= 0.6 is 0 Å². The Hall–Kier alpha value is -6.97. The van der Waals surface area contributed by atoms with Crippen molar-refractivity contribution in [1.29, 1.82) is 0 Å². The van der Waals surface area contributed by atoms with Gasteiger partial charge in [0.2, 0.25) is 0 Å². The van der Waals surface area contributed by atoms with Crippen LogP contribution in [0.2, 0.25) is 0 Å². The molecule has 0 aliphatic heterocycles. The first kappa shape index (κ1) is 31.5. The van der Waals surface area contributed by atoms with Gasteiger partial charge in [0.25, 0.3) is 0 Å². The van der Waals surface area contributed by atoms with E-state index in [9.17, 15) is 0 Å². The van der Waals surface area contributed by atoms with Crippen LogP contribution in [0.15, 0.2) is 176 Å². The Morgan fingerprint density at radius 3 is 1.69 bits per heavy atom. The maximum absolute atomic E-state index is 5.28. The number of pyridine rings is 1. The average Bonchev–Trinajstić information content (AvgIpc) is 3.70. The highest BCUT2D eigenvalue weighted by Gasteiger charge is 2.51. The van der Waals surface area contributed by atoms with Gasteiger partial charge in [0.05, 0.1) is 11.1 Å². The molecule has 2 aromatic heterocycles. The van der Waals surface area contributed by atoms with Crippen LogP contribution in [0.25, 0.3) is 77.9 Å². The third kappa shape index (κ3) is 4.73. The van der Waals surface area contributed by atoms with Gasteiger partial charge in [0, 0.05) is 34.3 Å². The Bertz CT molecular complexity index is 2990. The highest BCUT2D eigenvalue weighted by Crippen LogP contribution is 2.63. The van der Waals surface area contributed by atoms with Gasteiger partial charge >= 0.3 is 0 Å². The molecule has 11 rings (SSSR count). The number of hydrogen-bond acceptors (Lipinski definition) is 3. The summed E-state index contributed by atoms with van der Waals surface area (Å²) in [6.07, 6.45) is 1.97. The van der Waals surface area contributed by atoms with Crippen LogP contribution < -0.4 is 0 Å². The molecule has 2 aliphatic carbocycles. The molecule has 258 valence electrons. The van der Waals surface area contributed by atoms with Crippen molar-refractivity contribution in [2.24, 2.45) is 0 Å². The smallest absolute Gasteiger partial charge is 0.160 e. The van der Waals surface area contributed by atoms with E-state index >= 15 is 0 Å². The predicted molar refractivity (Wildman–Crippen MR) is 225 cm³/mol. The highest BCUT2D eigenvalue weighted by molar-refractivity contribution is 5.98. The van der Waals surface area contributed by atoms with E-state index in [4.69, 9.17) is 9.97 Å². The Labute approximate surface area is 320 Å². The van der Waals surface area contributed by atoms with Gasteiger partial charge in [0.1, 0.15) is 0 Å². The molecule has 0 fully saturated rings. The van der Waals surface area contributed by atoms with E-state index in [-0.39, 0.29) is 0 Å². The summed E-state index contributed by atoms with van der Waals surface area (Å²) in [5, 5.41) is 2.39. The normalized spacial score (nSPS) is 14.8. The van der Waals surface area contributed by atoms with E-state index in [1.54, 1.807) is 0 Å². The average molecular weight is 702 g/mol. The lowest BCUT2D eigenvalue weighted by Gasteiger charge is -2.31. The van der Waals surface area contributed by atoms with Crippen molar-refractivity contribution >= 4 is 10.8 Å². The van der Waals surface area contributed by atoms with E-state index in [2.05, 4.69) is 182 Å². The number of benzene rings is 7. The second-order valence-electron chi connectivity index (χ2n) is 14.9. The molecule has 2 aliphatic rings. The molecule has 3 heteroatoms. The lowest BCUT2D eigenvalue weighted by molar-refractivity contribution is 0.794. The van der Waals surface area contributed by atoms with Gasteiger partial charge in [-0.2, -0.15) is 0 Å². The predicted octanol–water partition coefficient (Wildman–Crippen LogP) is 12.7. The second-order valence-corrected chi connectivity index (χ2v) is 14.9. The van der Waals surface area contributed by atoms with E-state index in [1.165, 1.54) is 66.4 Å². The molecule has 7 aromatic carbocycles. The Balaban J connectivity index is 1.12. The van der Waals surface area contributed by atoms with Crippen molar-refractivity contribution in [3.63, 3.8) is 0 Å². The lowest BCUT2D eigenvalue weighted by Crippen LogP contribution is -2.26. The van der Waals surface area contributed by atoms with Crippen LogP contribution in [-0.4, -0.2) is 15.0 Å². The molecule has 0 N–H and O–H groups in total. The highest BCUT2D eigenvalue weighted by atomic mass is 14.9. The number of aryl methyl sites for hydroxylation is 2. The van der Waals surface area contributed by atoms with Gasteiger partial charge in [0.15, 0.2) is 5.82 Å². The van der Waals surface area contributed by atoms with E-state index < -0.39 is 5.41 Å². The van der Waals surface area contributed by atoms with Crippen molar-refractivity contribution in [3.05, 3.63) is 210 Å². The molecular weight excluding hydrogens is 667 g/mol. The summed E-state index contributed by atoms with van der Waals surface area (Å²) in [7, 11) is 0. The molecule has 9 aromatic rings. The van der Waals surface area contributed by atoms with Crippen LogP contribution in [0.3, 0.4) is 0 Å². The first-order valence-electron chi connectivity index (χ1n) is 18.9. The third-order valence-electron chi connectivity index (χ3n) is 11.7. The molecule has 0 radical (unpaired) electrons. The van der Waals surface area contributed by atoms with Gasteiger partial charge in [-0.1, -0.05) is 140 Å². The summed E-state index contributed by atoms with van der Waals surface area (Å²) in [6.45, 7) is 4.10. The molecule has 0 saturated heterocycles. The zero-order chi connectivity index (χ0) is 36.7. The summed E-state index contributed by atoms with van der Waals surface area (Å²) in [4.78, 5) is 14.9. The van der Waals surface area contributed by atoms with Crippen LogP contribution in [0, 0.1) is 13.8 Å². The molecule has 1 spiro atoms. The topological polar surface area (TPSA) is 38.7 Å². The van der Waals surface area contributed by atoms with E-state index in [0.717, 1.165) is 45.2 Å². The Kier molecular flexibility index (Phi) is 6.90. The fourth-order valence-electron chi connectivity index (χ4n) is 9.26. The Morgan fingerprint density at radius 2 is 0.945 bits per heavy atom. The molecule has 0 saturated carbocycles. The van der Waals surface area contributed by atoms with Crippen molar-refractivity contribution in [3.8, 4) is 67.2 Å². The minimum Gasteiger partial charge on any atom is -0.261 e. The third-order valence-corrected chi connectivity index (χ3v) is 11.7. The van der Waals surface area contributed by atoms with Gasteiger partial charge in [-0.3, -0.25) is 4.98 Å². The quantitative estimate of drug-likeness (QED) is 0.183. The standard InChI is InChI=1S/C52H35N3/c1-32-21-22-39(31-53-32)36-14-9-13-35(28-36)37-23-25-43-41-16-5-7-19-46(41)52(48(43)29-37)47-20-8-6-17-42(47)44-26-24-38(30-49(44)52)51-54-33(2)27-50(55-51)45-18-10-12-34-11-3-4-15-40(34)45/h3-31H,1-2H3. The van der Waals surface area contributed by atoms with Crippen molar-refractivity contribution in [2.75, 3.05) is 0 Å². The van der Waals surface area contributed by atoms with Crippen molar-refractivity contribution in [2.45, 2.75) is 19.3 Å². The van der Waals surface area contributed by atoms with E-state index in [1.807, 2.05) is 13.1 Å². The van der Waals surface area contributed by atoms with E-state index in [0.29, 0.717) is 0 Å². The number of nitrogens with zero attached hydrogens (tertiary/aromatic N) is 3. The number of fused-ring (bicyclic) bond motifs is 11. The minimum atomic E-state index is -0.509. The fourth-order valence-corrected chi connectivity index (χ4v) is 9.26. The fraction of sp³-hybridized carbons (Fsp3) is 0.0577. The van der Waals surface area contributed by atoms with Crippen LogP contribution in [0.4, 0.5) is 0 Å². The largest absolute Gasteiger partial charge is 0.261 e. The van der Waals surface area contributed by atoms with Crippen LogP contribution in [0.5, 0.6) is 0 Å². The number of hydrogen-bond donors (Lipinski definition) is 0. The monoisotopic (exact) mass is 701 g/mol. The number of aromatic nitrogens is 3. The van der Waals surface area contributed by atoms with Crippen molar-refractivity contribution in [1.82, 2.24) is 15.0 Å². The first-order valence-corrected chi connectivity index (χ1v) is 18.9. The maximum Gasteiger partial charge on any atom is 0.160 e. The summed E-state index contributed by atoms with van der Waals surface area (Å²) in [5.41, 5.74) is 19.4. The minimum absolute atomic E-state index is 0.509. The SMILES string of the molecule is Cc1ccc(-c2cccc(-c3ccc4c(c3)C3(c5ccccc5-4)c4ccccc4-c4ccc(-c5nc(C)cc(-c6cccc7ccccc67)n5)cc43)c2)cn1. The van der Waals surface area contributed by atoms with Gasteiger partial charge in [-0.15, -0.1) is 0 Å². The molecule has 2 heterocycles. The Morgan fingerprint density at radius 1 is 0.382 bits per heavy atom. The van der Waals surface area contributed by atoms with Gasteiger partial charge < -0.3 is 0 Å². The summed E-state index contributed by atoms with van der Waals surface area (Å²) in [6, 6.07) is 62.0. The van der Waals surface area contributed by atoms with Crippen LogP contribution in [-0.2, 0) is 5.41 Å². The van der Waals surface area contributed by atoms with Crippen molar-refractivity contribution < 1.29 is 0 Å². The molecule has 1 unspecified atom stereocenters. The molecule has 1 atom stereocenters. The summed E-state index contributed by atoms with van der Waals surface area (Å²) < 4.78 is 0. The second kappa shape index (κ2) is 12.0. The zero-order valence-electron chi connectivity index (χ0n) is 30.6. The van der Waals surface area contributed by atoms with Gasteiger partial charge in [-0.05, 0) is 116 Å². The lowest BCUT2D eigenvalue weighted by atomic mass is 9.70. The zero-order valence-corrected chi connectivity index (χ0v) is 30.6. The molecule has 0 bridgehead atoms. The molecule has 55 heavy (non-hydrogen) atoms. The van der Waals surface area contributed by atoms with Crippen LogP contribution in [0.1, 0.15) is 33.6 Å². The maximum atomic E-state index is 5.28. The summed E-state index contributed by atoms with van der Waals surface area (Å²) in [5.74, 6) is 0.736. The molecular formula is C52H35N3. The summed E-state index contributed by atoms with van der Waals surface area (Å²) >= 11 is 0. The number of rotatable bonds is 4. The molecule has 3 nitrogen and oxygen atoms in total.